The van der Waals surface area contributed by atoms with Crippen LogP contribution in [0.25, 0.3) is 11.1 Å². The molecule has 2 atom stereocenters. The molecule has 2 aromatic carbocycles. The summed E-state index contributed by atoms with van der Waals surface area (Å²) in [4.78, 5) is 36.8. The first-order valence-electron chi connectivity index (χ1n) is 11.2. The Morgan fingerprint density at radius 2 is 1.74 bits per heavy atom. The second kappa shape index (κ2) is 9.22. The molecule has 2 unspecified atom stereocenters. The zero-order valence-corrected chi connectivity index (χ0v) is 18.9. The Balaban J connectivity index is 1.26. The van der Waals surface area contributed by atoms with E-state index in [-0.39, 0.29) is 37.1 Å². The fourth-order valence-corrected chi connectivity index (χ4v) is 4.67. The minimum absolute atomic E-state index is 0.0212. The zero-order valence-electron chi connectivity index (χ0n) is 18.9. The lowest BCUT2D eigenvalue weighted by Crippen LogP contribution is -2.43. The van der Waals surface area contributed by atoms with Gasteiger partial charge in [-0.05, 0) is 22.3 Å². The average molecular weight is 476 g/mol. The smallest absolute Gasteiger partial charge is 0.411 e. The summed E-state index contributed by atoms with van der Waals surface area (Å²) in [6.45, 7) is 0.236. The highest BCUT2D eigenvalue weighted by molar-refractivity contribution is 6.01. The standard InChI is InChI=1S/C25H24N4O6/c1-29-10-20(22(28-29)23(30)26-21-13-34-11-19(21)24(31)32)27-25(33)35-12-18-16-8-4-2-6-14(16)15-7-3-5-9-17(15)18/h2-10,18-19,21H,11-13H2,1H3,(H,26,30)(H,27,33)(H,31,32). The van der Waals surface area contributed by atoms with Gasteiger partial charge >= 0.3 is 12.1 Å². The van der Waals surface area contributed by atoms with Crippen molar-refractivity contribution >= 4 is 23.7 Å². The van der Waals surface area contributed by atoms with Crippen LogP contribution in [0.15, 0.2) is 54.7 Å². The van der Waals surface area contributed by atoms with E-state index in [0.717, 1.165) is 22.3 Å². The van der Waals surface area contributed by atoms with Crippen LogP contribution in [0.1, 0.15) is 27.5 Å². The van der Waals surface area contributed by atoms with E-state index in [1.807, 2.05) is 36.4 Å². The first kappa shape index (κ1) is 22.6. The van der Waals surface area contributed by atoms with Crippen molar-refractivity contribution in [2.45, 2.75) is 12.0 Å². The van der Waals surface area contributed by atoms with Crippen LogP contribution in [0.3, 0.4) is 0 Å². The van der Waals surface area contributed by atoms with Crippen molar-refractivity contribution in [2.24, 2.45) is 13.0 Å². The Kier molecular flexibility index (Phi) is 5.96. The quantitative estimate of drug-likeness (QED) is 0.498. The van der Waals surface area contributed by atoms with Crippen molar-refractivity contribution in [3.63, 3.8) is 0 Å². The maximum absolute atomic E-state index is 12.8. The van der Waals surface area contributed by atoms with Crippen molar-refractivity contribution < 1.29 is 29.0 Å². The molecule has 10 nitrogen and oxygen atoms in total. The van der Waals surface area contributed by atoms with Crippen molar-refractivity contribution in [1.82, 2.24) is 15.1 Å². The summed E-state index contributed by atoms with van der Waals surface area (Å²) in [5.74, 6) is -2.60. The number of rotatable bonds is 6. The molecule has 1 aliphatic heterocycles. The maximum Gasteiger partial charge on any atom is 0.411 e. The number of carbonyl (C=O) groups excluding carboxylic acids is 2. The van der Waals surface area contributed by atoms with E-state index < -0.39 is 29.9 Å². The van der Waals surface area contributed by atoms with Gasteiger partial charge in [-0.2, -0.15) is 5.10 Å². The van der Waals surface area contributed by atoms with E-state index in [1.165, 1.54) is 10.9 Å². The summed E-state index contributed by atoms with van der Waals surface area (Å²) < 4.78 is 12.1. The lowest BCUT2D eigenvalue weighted by atomic mass is 9.98. The Morgan fingerprint density at radius 3 is 2.40 bits per heavy atom. The van der Waals surface area contributed by atoms with Gasteiger partial charge in [0.05, 0.1) is 24.9 Å². The molecule has 180 valence electrons. The molecule has 1 fully saturated rings. The van der Waals surface area contributed by atoms with Gasteiger partial charge in [-0.3, -0.25) is 19.6 Å². The van der Waals surface area contributed by atoms with Crippen molar-refractivity contribution in [1.29, 1.82) is 0 Å². The number of aliphatic carboxylic acids is 1. The van der Waals surface area contributed by atoms with E-state index in [2.05, 4.69) is 27.9 Å². The Bertz CT molecular complexity index is 1260. The minimum Gasteiger partial charge on any atom is -0.481 e. The first-order valence-corrected chi connectivity index (χ1v) is 11.2. The Morgan fingerprint density at radius 1 is 1.09 bits per heavy atom. The maximum atomic E-state index is 12.8. The molecule has 2 heterocycles. The molecule has 0 bridgehead atoms. The number of carboxylic acids is 1. The van der Waals surface area contributed by atoms with E-state index in [4.69, 9.17) is 9.47 Å². The van der Waals surface area contributed by atoms with Gasteiger partial charge in [-0.15, -0.1) is 0 Å². The number of anilines is 1. The molecule has 1 aliphatic carbocycles. The lowest BCUT2D eigenvalue weighted by molar-refractivity contribution is -0.142. The molecule has 1 aromatic heterocycles. The van der Waals surface area contributed by atoms with Gasteiger partial charge in [0.15, 0.2) is 5.69 Å². The predicted molar refractivity (Wildman–Crippen MR) is 125 cm³/mol. The van der Waals surface area contributed by atoms with Crippen molar-refractivity contribution in [2.75, 3.05) is 25.1 Å². The third kappa shape index (κ3) is 4.35. The topological polar surface area (TPSA) is 132 Å². The fourth-order valence-electron chi connectivity index (χ4n) is 4.67. The van der Waals surface area contributed by atoms with Crippen LogP contribution in [-0.4, -0.2) is 58.7 Å². The van der Waals surface area contributed by atoms with Gasteiger partial charge in [0.1, 0.15) is 12.5 Å². The molecule has 2 aliphatic rings. The van der Waals surface area contributed by atoms with Crippen LogP contribution in [0.5, 0.6) is 0 Å². The number of aryl methyl sites for hydroxylation is 1. The number of fused-ring (bicyclic) bond motifs is 3. The predicted octanol–water partition coefficient (Wildman–Crippen LogP) is 2.61. The fraction of sp³-hybridized carbons (Fsp3) is 0.280. The zero-order chi connectivity index (χ0) is 24.5. The molecule has 10 heteroatoms. The largest absolute Gasteiger partial charge is 0.481 e. The SMILES string of the molecule is Cn1cc(NC(=O)OCC2c3ccccc3-c3ccccc32)c(C(=O)NC2COCC2C(=O)O)n1. The number of nitrogens with one attached hydrogen (secondary N) is 2. The number of hydrogen-bond donors (Lipinski definition) is 3. The number of nitrogens with zero attached hydrogens (tertiary/aromatic N) is 2. The molecule has 35 heavy (non-hydrogen) atoms. The normalized spacial score (nSPS) is 18.5. The number of aromatic nitrogens is 2. The van der Waals surface area contributed by atoms with Crippen LogP contribution < -0.4 is 10.6 Å². The molecule has 0 saturated carbocycles. The number of hydrogen-bond acceptors (Lipinski definition) is 6. The summed E-state index contributed by atoms with van der Waals surface area (Å²) in [5, 5.41) is 18.6. The van der Waals surface area contributed by atoms with E-state index in [0.29, 0.717) is 0 Å². The number of benzene rings is 2. The molecule has 1 saturated heterocycles. The van der Waals surface area contributed by atoms with Crippen LogP contribution in [0, 0.1) is 5.92 Å². The van der Waals surface area contributed by atoms with E-state index in [9.17, 15) is 19.5 Å². The van der Waals surface area contributed by atoms with Gasteiger partial charge < -0.3 is 19.9 Å². The van der Waals surface area contributed by atoms with Crippen molar-refractivity contribution in [3.8, 4) is 11.1 Å². The molecule has 3 N–H and O–H groups in total. The first-order chi connectivity index (χ1) is 16.9. The summed E-state index contributed by atoms with van der Waals surface area (Å²) >= 11 is 0. The van der Waals surface area contributed by atoms with Crippen LogP contribution in [-0.2, 0) is 21.3 Å². The third-order valence-corrected chi connectivity index (χ3v) is 6.34. The number of amides is 2. The van der Waals surface area contributed by atoms with E-state index >= 15 is 0 Å². The number of ether oxygens (including phenoxy) is 2. The molecule has 5 rings (SSSR count). The highest BCUT2D eigenvalue weighted by Gasteiger charge is 2.36. The Hall–Kier alpha value is -4.18. The summed E-state index contributed by atoms with van der Waals surface area (Å²) in [6, 6.07) is 15.4. The second-order valence-electron chi connectivity index (χ2n) is 8.58. The summed E-state index contributed by atoms with van der Waals surface area (Å²) in [6.07, 6.45) is 0.762. The summed E-state index contributed by atoms with van der Waals surface area (Å²) in [7, 11) is 1.61. The lowest BCUT2D eigenvalue weighted by Gasteiger charge is -2.16. The Labute approximate surface area is 200 Å². The van der Waals surface area contributed by atoms with Gasteiger partial charge in [0, 0.05) is 19.2 Å². The number of carboxylic acid groups (broad SMARTS) is 1. The monoisotopic (exact) mass is 476 g/mol. The molecule has 3 aromatic rings. The van der Waals surface area contributed by atoms with Gasteiger partial charge in [0.2, 0.25) is 0 Å². The van der Waals surface area contributed by atoms with Gasteiger partial charge in [-0.25, -0.2) is 4.79 Å². The van der Waals surface area contributed by atoms with Crippen LogP contribution in [0.2, 0.25) is 0 Å². The van der Waals surface area contributed by atoms with Gasteiger partial charge in [0.25, 0.3) is 5.91 Å². The van der Waals surface area contributed by atoms with E-state index in [1.54, 1.807) is 7.05 Å². The minimum atomic E-state index is -1.05. The highest BCUT2D eigenvalue weighted by atomic mass is 16.5. The molecular weight excluding hydrogens is 452 g/mol. The highest BCUT2D eigenvalue weighted by Crippen LogP contribution is 2.44. The average Bonchev–Trinajstić information content (AvgIpc) is 3.53. The molecule has 0 radical (unpaired) electrons. The molecule has 0 spiro atoms. The number of carbonyl (C=O) groups is 3. The van der Waals surface area contributed by atoms with Crippen molar-refractivity contribution in [3.05, 3.63) is 71.5 Å². The van der Waals surface area contributed by atoms with Gasteiger partial charge in [-0.1, -0.05) is 48.5 Å². The molecular formula is C25H24N4O6. The van der Waals surface area contributed by atoms with Crippen LogP contribution in [0.4, 0.5) is 10.5 Å². The third-order valence-electron chi connectivity index (χ3n) is 6.34. The summed E-state index contributed by atoms with van der Waals surface area (Å²) in [5.41, 5.74) is 4.55. The van der Waals surface area contributed by atoms with Crippen LogP contribution >= 0.6 is 0 Å². The molecule has 2 amide bonds. The second-order valence-corrected chi connectivity index (χ2v) is 8.58.